The first-order valence-electron chi connectivity index (χ1n) is 9.60. The molecule has 2 unspecified atom stereocenters. The van der Waals surface area contributed by atoms with Crippen molar-refractivity contribution in [2.75, 3.05) is 40.0 Å². The van der Waals surface area contributed by atoms with Crippen LogP contribution in [0.2, 0.25) is 5.02 Å². The number of hydrogen-bond acceptors (Lipinski definition) is 5. The summed E-state index contributed by atoms with van der Waals surface area (Å²) in [5.41, 5.74) is 2.48. The first-order chi connectivity index (χ1) is 13.7. The van der Waals surface area contributed by atoms with E-state index in [1.54, 1.807) is 0 Å². The van der Waals surface area contributed by atoms with Crippen LogP contribution in [-0.4, -0.2) is 56.9 Å². The molecule has 1 fully saturated rings. The number of ether oxygens (including phenoxy) is 2. The molecule has 1 saturated heterocycles. The summed E-state index contributed by atoms with van der Waals surface area (Å²) in [7, 11) is 1.37. The zero-order valence-corrected chi connectivity index (χ0v) is 16.9. The van der Waals surface area contributed by atoms with Crippen LogP contribution in [0.4, 0.5) is 0 Å². The van der Waals surface area contributed by atoms with Crippen LogP contribution in [0.25, 0.3) is 0 Å². The fraction of sp³-hybridized carbons (Fsp3) is 0.409. The fourth-order valence-corrected chi connectivity index (χ4v) is 3.80. The Balaban J connectivity index is 1.78. The van der Waals surface area contributed by atoms with E-state index < -0.39 is 0 Å². The highest BCUT2D eigenvalue weighted by molar-refractivity contribution is 6.30. The van der Waals surface area contributed by atoms with Gasteiger partial charge >= 0.3 is 5.97 Å². The topological polar surface area (TPSA) is 50.8 Å². The normalized spacial score (nSPS) is 18.6. The van der Waals surface area contributed by atoms with Gasteiger partial charge in [-0.05, 0) is 29.7 Å². The standard InChI is InChI=1S/C22H27ClN2O3/c1-27-21(26)16-28-14-11-20-15-24-12-13-25(20)22(17-5-3-2-4-6-17)18-7-9-19(23)10-8-18/h2-10,20,22,24H,11-16H2,1H3. The largest absolute Gasteiger partial charge is 0.467 e. The van der Waals surface area contributed by atoms with E-state index in [9.17, 15) is 4.79 Å². The summed E-state index contributed by atoms with van der Waals surface area (Å²) in [6.45, 7) is 3.27. The maximum atomic E-state index is 11.3. The molecule has 0 spiro atoms. The molecule has 2 aromatic rings. The van der Waals surface area contributed by atoms with Gasteiger partial charge in [0, 0.05) is 37.3 Å². The van der Waals surface area contributed by atoms with Gasteiger partial charge in [-0.25, -0.2) is 4.79 Å². The molecule has 0 saturated carbocycles. The van der Waals surface area contributed by atoms with Gasteiger partial charge in [0.05, 0.1) is 13.2 Å². The quantitative estimate of drug-likeness (QED) is 0.542. The number of rotatable bonds is 8. The molecule has 0 aliphatic carbocycles. The van der Waals surface area contributed by atoms with Gasteiger partial charge in [-0.1, -0.05) is 54.1 Å². The van der Waals surface area contributed by atoms with Crippen LogP contribution in [0.15, 0.2) is 54.6 Å². The lowest BCUT2D eigenvalue weighted by molar-refractivity contribution is -0.146. The number of halogens is 1. The highest BCUT2D eigenvalue weighted by Crippen LogP contribution is 2.32. The Morgan fingerprint density at radius 3 is 2.61 bits per heavy atom. The molecule has 150 valence electrons. The van der Waals surface area contributed by atoms with Crippen LogP contribution in [-0.2, 0) is 14.3 Å². The van der Waals surface area contributed by atoms with Crippen molar-refractivity contribution in [1.29, 1.82) is 0 Å². The smallest absolute Gasteiger partial charge is 0.331 e. The number of nitrogens with zero attached hydrogens (tertiary/aromatic N) is 1. The van der Waals surface area contributed by atoms with E-state index in [4.69, 9.17) is 16.3 Å². The number of nitrogens with one attached hydrogen (secondary N) is 1. The Labute approximate surface area is 171 Å². The van der Waals surface area contributed by atoms with Crippen LogP contribution in [0.3, 0.4) is 0 Å². The minimum atomic E-state index is -0.345. The van der Waals surface area contributed by atoms with Gasteiger partial charge in [-0.3, -0.25) is 4.90 Å². The van der Waals surface area contributed by atoms with E-state index in [0.717, 1.165) is 31.1 Å². The summed E-state index contributed by atoms with van der Waals surface area (Å²) in [4.78, 5) is 13.8. The van der Waals surface area contributed by atoms with Crippen LogP contribution >= 0.6 is 11.6 Å². The molecular weight excluding hydrogens is 376 g/mol. The monoisotopic (exact) mass is 402 g/mol. The molecule has 3 rings (SSSR count). The molecular formula is C22H27ClN2O3. The van der Waals surface area contributed by atoms with Gasteiger partial charge in [0.1, 0.15) is 6.61 Å². The molecule has 1 heterocycles. The van der Waals surface area contributed by atoms with Gasteiger partial charge in [-0.2, -0.15) is 0 Å². The van der Waals surface area contributed by atoms with Crippen molar-refractivity contribution in [3.63, 3.8) is 0 Å². The van der Waals surface area contributed by atoms with Gasteiger partial charge in [0.2, 0.25) is 0 Å². The molecule has 2 aromatic carbocycles. The number of esters is 1. The zero-order valence-electron chi connectivity index (χ0n) is 16.1. The summed E-state index contributed by atoms with van der Waals surface area (Å²) < 4.78 is 10.1. The number of methoxy groups -OCH3 is 1. The summed E-state index contributed by atoms with van der Waals surface area (Å²) in [5.74, 6) is -0.345. The predicted molar refractivity (Wildman–Crippen MR) is 111 cm³/mol. The minimum absolute atomic E-state index is 0.00402. The second-order valence-electron chi connectivity index (χ2n) is 6.88. The third kappa shape index (κ3) is 5.55. The van der Waals surface area contributed by atoms with Crippen LogP contribution < -0.4 is 5.32 Å². The predicted octanol–water partition coefficient (Wildman–Crippen LogP) is 3.28. The Kier molecular flexibility index (Phi) is 7.86. The molecule has 2 atom stereocenters. The molecule has 0 radical (unpaired) electrons. The van der Waals surface area contributed by atoms with E-state index in [1.807, 2.05) is 18.2 Å². The SMILES string of the molecule is COC(=O)COCCC1CNCCN1C(c1ccccc1)c1ccc(Cl)cc1. The lowest BCUT2D eigenvalue weighted by Crippen LogP contribution is -2.53. The van der Waals surface area contributed by atoms with Crippen LogP contribution in [0.5, 0.6) is 0 Å². The Morgan fingerprint density at radius 1 is 1.18 bits per heavy atom. The van der Waals surface area contributed by atoms with E-state index in [0.29, 0.717) is 12.6 Å². The molecule has 0 amide bonds. The average molecular weight is 403 g/mol. The summed E-state index contributed by atoms with van der Waals surface area (Å²) in [5, 5.41) is 4.22. The van der Waals surface area contributed by atoms with Crippen molar-refractivity contribution in [3.8, 4) is 0 Å². The van der Waals surface area contributed by atoms with E-state index >= 15 is 0 Å². The molecule has 6 heteroatoms. The summed E-state index contributed by atoms with van der Waals surface area (Å²) in [6, 6.07) is 19.1. The highest BCUT2D eigenvalue weighted by atomic mass is 35.5. The molecule has 5 nitrogen and oxygen atoms in total. The summed E-state index contributed by atoms with van der Waals surface area (Å²) >= 11 is 6.12. The van der Waals surface area contributed by atoms with Crippen molar-refractivity contribution in [3.05, 3.63) is 70.7 Å². The molecule has 1 aliphatic rings. The van der Waals surface area contributed by atoms with Crippen molar-refractivity contribution in [2.45, 2.75) is 18.5 Å². The first-order valence-corrected chi connectivity index (χ1v) is 9.98. The number of piperazine rings is 1. The maximum absolute atomic E-state index is 11.3. The van der Waals surface area contributed by atoms with Crippen molar-refractivity contribution in [2.24, 2.45) is 0 Å². The molecule has 0 bridgehead atoms. The van der Waals surface area contributed by atoms with Crippen molar-refractivity contribution < 1.29 is 14.3 Å². The lowest BCUT2D eigenvalue weighted by atomic mass is 9.94. The van der Waals surface area contributed by atoms with Gasteiger partial charge in [-0.15, -0.1) is 0 Å². The molecule has 28 heavy (non-hydrogen) atoms. The number of hydrogen-bond donors (Lipinski definition) is 1. The van der Waals surface area contributed by atoms with Gasteiger partial charge < -0.3 is 14.8 Å². The van der Waals surface area contributed by atoms with Crippen molar-refractivity contribution >= 4 is 17.6 Å². The van der Waals surface area contributed by atoms with E-state index in [-0.39, 0.29) is 18.6 Å². The molecule has 0 aromatic heterocycles. The molecule has 1 aliphatic heterocycles. The first kappa shape index (κ1) is 20.8. The van der Waals surface area contributed by atoms with Gasteiger partial charge in [0.15, 0.2) is 0 Å². The summed E-state index contributed by atoms with van der Waals surface area (Å²) in [6.07, 6.45) is 0.834. The number of benzene rings is 2. The lowest BCUT2D eigenvalue weighted by Gasteiger charge is -2.42. The Morgan fingerprint density at radius 2 is 1.89 bits per heavy atom. The number of carbonyl (C=O) groups is 1. The zero-order chi connectivity index (χ0) is 19.8. The Bertz CT molecular complexity index is 739. The maximum Gasteiger partial charge on any atom is 0.331 e. The molecule has 1 N–H and O–H groups in total. The van der Waals surface area contributed by atoms with Crippen LogP contribution in [0.1, 0.15) is 23.6 Å². The van der Waals surface area contributed by atoms with E-state index in [2.05, 4.69) is 51.4 Å². The second-order valence-corrected chi connectivity index (χ2v) is 7.31. The van der Waals surface area contributed by atoms with Crippen molar-refractivity contribution in [1.82, 2.24) is 10.2 Å². The average Bonchev–Trinajstić information content (AvgIpc) is 2.74. The second kappa shape index (κ2) is 10.6. The minimum Gasteiger partial charge on any atom is -0.467 e. The fourth-order valence-electron chi connectivity index (χ4n) is 3.67. The Hall–Kier alpha value is -1.92. The third-order valence-electron chi connectivity index (χ3n) is 5.07. The highest BCUT2D eigenvalue weighted by Gasteiger charge is 2.30. The number of carbonyl (C=O) groups excluding carboxylic acids is 1. The van der Waals surface area contributed by atoms with E-state index in [1.165, 1.54) is 18.2 Å². The van der Waals surface area contributed by atoms with Crippen LogP contribution in [0, 0.1) is 0 Å². The third-order valence-corrected chi connectivity index (χ3v) is 5.32. The van der Waals surface area contributed by atoms with Gasteiger partial charge in [0.25, 0.3) is 0 Å².